The summed E-state index contributed by atoms with van der Waals surface area (Å²) in [5.41, 5.74) is 6.11. The number of hydrogen-bond acceptors (Lipinski definition) is 5. The first kappa shape index (κ1) is 10.9. The van der Waals surface area contributed by atoms with Crippen molar-refractivity contribution in [2.75, 3.05) is 11.1 Å². The first-order valence-electron chi connectivity index (χ1n) is 4.82. The summed E-state index contributed by atoms with van der Waals surface area (Å²) in [6.07, 6.45) is 1.32. The molecule has 0 bridgehead atoms. The molecular formula is C10H11N5O2. The molecule has 0 saturated heterocycles. The minimum absolute atomic E-state index is 0.0256. The van der Waals surface area contributed by atoms with E-state index >= 15 is 0 Å². The maximum absolute atomic E-state index is 11.9. The van der Waals surface area contributed by atoms with Crippen LogP contribution in [0, 0.1) is 0 Å². The van der Waals surface area contributed by atoms with E-state index in [4.69, 9.17) is 5.73 Å². The second-order valence-electron chi connectivity index (χ2n) is 3.43. The lowest BCUT2D eigenvalue weighted by Gasteiger charge is -2.06. The molecular weight excluding hydrogens is 222 g/mol. The van der Waals surface area contributed by atoms with Crippen LogP contribution in [0.5, 0.6) is 5.75 Å². The molecule has 0 saturated carbocycles. The van der Waals surface area contributed by atoms with Crippen LogP contribution >= 0.6 is 0 Å². The zero-order valence-electron chi connectivity index (χ0n) is 9.08. The van der Waals surface area contributed by atoms with Crippen LogP contribution in [-0.2, 0) is 7.05 Å². The first-order valence-corrected chi connectivity index (χ1v) is 4.82. The number of aryl methyl sites for hydroxylation is 1. The number of carbonyl (C=O) groups is 1. The SMILES string of the molecule is Cn1ncnc1NC(=O)c1cc(O)ccc1N. The van der Waals surface area contributed by atoms with Gasteiger partial charge in [-0.15, -0.1) is 0 Å². The second-order valence-corrected chi connectivity index (χ2v) is 3.43. The lowest BCUT2D eigenvalue weighted by atomic mass is 10.1. The number of rotatable bonds is 2. The number of carbonyl (C=O) groups excluding carboxylic acids is 1. The van der Waals surface area contributed by atoms with E-state index in [-0.39, 0.29) is 17.0 Å². The second kappa shape index (κ2) is 4.12. The fourth-order valence-corrected chi connectivity index (χ4v) is 1.32. The molecule has 7 heteroatoms. The standard InChI is InChI=1S/C10H11N5O2/c1-15-10(12-5-13-15)14-9(17)7-4-6(16)2-3-8(7)11/h2-5,16H,11H2,1H3,(H,12,13,14,17). The molecule has 0 fully saturated rings. The molecule has 88 valence electrons. The van der Waals surface area contributed by atoms with Crippen molar-refractivity contribution in [1.29, 1.82) is 0 Å². The number of nitrogen functional groups attached to an aromatic ring is 1. The third-order valence-electron chi connectivity index (χ3n) is 2.22. The highest BCUT2D eigenvalue weighted by Crippen LogP contribution is 2.19. The van der Waals surface area contributed by atoms with Gasteiger partial charge in [-0.2, -0.15) is 10.1 Å². The summed E-state index contributed by atoms with van der Waals surface area (Å²) in [6, 6.07) is 4.16. The van der Waals surface area contributed by atoms with Crippen molar-refractivity contribution in [2.45, 2.75) is 0 Å². The van der Waals surface area contributed by atoms with E-state index in [1.165, 1.54) is 29.2 Å². The normalized spacial score (nSPS) is 10.2. The third-order valence-corrected chi connectivity index (χ3v) is 2.22. The van der Waals surface area contributed by atoms with Gasteiger partial charge in [0.15, 0.2) is 0 Å². The Hall–Kier alpha value is -2.57. The maximum atomic E-state index is 11.9. The molecule has 0 atom stereocenters. The Bertz CT molecular complexity index is 564. The largest absolute Gasteiger partial charge is 0.508 e. The van der Waals surface area contributed by atoms with E-state index < -0.39 is 5.91 Å². The zero-order chi connectivity index (χ0) is 12.4. The number of aromatic hydroxyl groups is 1. The summed E-state index contributed by atoms with van der Waals surface area (Å²) < 4.78 is 1.41. The lowest BCUT2D eigenvalue weighted by molar-refractivity contribution is 0.102. The van der Waals surface area contributed by atoms with E-state index in [9.17, 15) is 9.90 Å². The Balaban J connectivity index is 2.26. The van der Waals surface area contributed by atoms with Crippen LogP contribution in [0.25, 0.3) is 0 Å². The minimum Gasteiger partial charge on any atom is -0.508 e. The van der Waals surface area contributed by atoms with E-state index in [2.05, 4.69) is 15.4 Å². The zero-order valence-corrected chi connectivity index (χ0v) is 9.08. The van der Waals surface area contributed by atoms with Crippen LogP contribution in [0.15, 0.2) is 24.5 Å². The first-order chi connectivity index (χ1) is 8.08. The lowest BCUT2D eigenvalue weighted by Crippen LogP contribution is -2.16. The van der Waals surface area contributed by atoms with Crippen molar-refractivity contribution >= 4 is 17.5 Å². The van der Waals surface area contributed by atoms with Gasteiger partial charge in [-0.25, -0.2) is 4.68 Å². The number of anilines is 2. The average molecular weight is 233 g/mol. The van der Waals surface area contributed by atoms with Gasteiger partial charge in [0, 0.05) is 12.7 Å². The summed E-state index contributed by atoms with van der Waals surface area (Å²) >= 11 is 0. The predicted octanol–water partition coefficient (Wildman–Crippen LogP) is 0.355. The van der Waals surface area contributed by atoms with E-state index in [1.54, 1.807) is 7.05 Å². The van der Waals surface area contributed by atoms with Gasteiger partial charge in [0.1, 0.15) is 12.1 Å². The van der Waals surface area contributed by atoms with Crippen LogP contribution in [0.3, 0.4) is 0 Å². The van der Waals surface area contributed by atoms with Gasteiger partial charge in [0.25, 0.3) is 5.91 Å². The Morgan fingerprint density at radius 1 is 1.53 bits per heavy atom. The quantitative estimate of drug-likeness (QED) is 0.512. The molecule has 0 spiro atoms. The molecule has 0 aliphatic heterocycles. The van der Waals surface area contributed by atoms with Gasteiger partial charge in [0.05, 0.1) is 5.56 Å². The molecule has 0 aliphatic carbocycles. The van der Waals surface area contributed by atoms with Crippen LogP contribution in [0.4, 0.5) is 11.6 Å². The Kier molecular flexibility index (Phi) is 2.65. The van der Waals surface area contributed by atoms with Gasteiger partial charge in [-0.05, 0) is 18.2 Å². The maximum Gasteiger partial charge on any atom is 0.260 e. The predicted molar refractivity (Wildman–Crippen MR) is 61.5 cm³/mol. The number of hydrogen-bond donors (Lipinski definition) is 3. The molecule has 7 nitrogen and oxygen atoms in total. The van der Waals surface area contributed by atoms with Crippen LogP contribution in [-0.4, -0.2) is 25.8 Å². The fourth-order valence-electron chi connectivity index (χ4n) is 1.32. The molecule has 0 radical (unpaired) electrons. The number of nitrogens with two attached hydrogens (primary N) is 1. The number of nitrogens with one attached hydrogen (secondary N) is 1. The highest BCUT2D eigenvalue weighted by molar-refractivity contribution is 6.07. The minimum atomic E-state index is -0.450. The van der Waals surface area contributed by atoms with Gasteiger partial charge in [0.2, 0.25) is 5.95 Å². The van der Waals surface area contributed by atoms with Crippen molar-refractivity contribution in [2.24, 2.45) is 7.05 Å². The van der Waals surface area contributed by atoms with Gasteiger partial charge in [-0.1, -0.05) is 0 Å². The number of phenols is 1. The molecule has 0 aliphatic rings. The van der Waals surface area contributed by atoms with E-state index in [1.807, 2.05) is 0 Å². The average Bonchev–Trinajstić information content (AvgIpc) is 2.68. The number of aromatic nitrogens is 3. The molecule has 1 amide bonds. The Morgan fingerprint density at radius 2 is 2.29 bits per heavy atom. The Labute approximate surface area is 96.9 Å². The van der Waals surface area contributed by atoms with E-state index in [0.717, 1.165) is 0 Å². The summed E-state index contributed by atoms with van der Waals surface area (Å²) in [5, 5.41) is 15.6. The fraction of sp³-hybridized carbons (Fsp3) is 0.100. The third kappa shape index (κ3) is 2.17. The van der Waals surface area contributed by atoms with Crippen molar-refractivity contribution in [3.8, 4) is 5.75 Å². The number of amides is 1. The number of nitrogens with zero attached hydrogens (tertiary/aromatic N) is 3. The number of benzene rings is 1. The summed E-state index contributed by atoms with van der Waals surface area (Å²) in [4.78, 5) is 15.7. The summed E-state index contributed by atoms with van der Waals surface area (Å²) in [6.45, 7) is 0. The van der Waals surface area contributed by atoms with Crippen molar-refractivity contribution in [3.63, 3.8) is 0 Å². The summed E-state index contributed by atoms with van der Waals surface area (Å²) in [5.74, 6) is -0.172. The smallest absolute Gasteiger partial charge is 0.260 e. The monoisotopic (exact) mass is 233 g/mol. The molecule has 1 aromatic carbocycles. The van der Waals surface area contributed by atoms with Crippen LogP contribution in [0.1, 0.15) is 10.4 Å². The molecule has 0 unspecified atom stereocenters. The topological polar surface area (TPSA) is 106 Å². The van der Waals surface area contributed by atoms with Gasteiger partial charge >= 0.3 is 0 Å². The molecule has 2 rings (SSSR count). The molecule has 4 N–H and O–H groups in total. The van der Waals surface area contributed by atoms with E-state index in [0.29, 0.717) is 5.95 Å². The number of phenolic OH excluding ortho intramolecular Hbond substituents is 1. The van der Waals surface area contributed by atoms with Crippen LogP contribution < -0.4 is 11.1 Å². The van der Waals surface area contributed by atoms with Crippen molar-refractivity contribution in [1.82, 2.24) is 14.8 Å². The molecule has 2 aromatic rings. The van der Waals surface area contributed by atoms with Crippen molar-refractivity contribution < 1.29 is 9.90 Å². The van der Waals surface area contributed by atoms with Gasteiger partial charge in [-0.3, -0.25) is 10.1 Å². The van der Waals surface area contributed by atoms with Crippen LogP contribution in [0.2, 0.25) is 0 Å². The highest BCUT2D eigenvalue weighted by Gasteiger charge is 2.13. The molecule has 17 heavy (non-hydrogen) atoms. The van der Waals surface area contributed by atoms with Crippen molar-refractivity contribution in [3.05, 3.63) is 30.1 Å². The summed E-state index contributed by atoms with van der Waals surface area (Å²) in [7, 11) is 1.65. The Morgan fingerprint density at radius 3 is 2.94 bits per heavy atom. The molecule has 1 heterocycles. The molecule has 1 aromatic heterocycles. The highest BCUT2D eigenvalue weighted by atomic mass is 16.3. The van der Waals surface area contributed by atoms with Gasteiger partial charge < -0.3 is 10.8 Å².